The fraction of sp³-hybridized carbons (Fsp3) is 0.480. The van der Waals surface area contributed by atoms with Gasteiger partial charge in [-0.3, -0.25) is 14.9 Å². The van der Waals surface area contributed by atoms with Gasteiger partial charge in [-0.1, -0.05) is 37.3 Å². The van der Waals surface area contributed by atoms with Crippen molar-refractivity contribution in [2.45, 2.75) is 57.8 Å². The molecule has 0 bridgehead atoms. The molecule has 0 saturated heterocycles. The highest BCUT2D eigenvalue weighted by Crippen LogP contribution is 2.59. The van der Waals surface area contributed by atoms with Gasteiger partial charge in [0.25, 0.3) is 5.69 Å². The van der Waals surface area contributed by atoms with E-state index in [9.17, 15) is 14.9 Å². The largest absolute Gasteiger partial charge is 0.299 e. The van der Waals surface area contributed by atoms with Crippen molar-refractivity contribution in [3.63, 3.8) is 0 Å². The number of fused-ring (bicyclic) bond motifs is 5. The first-order valence-corrected chi connectivity index (χ1v) is 10.8. The van der Waals surface area contributed by atoms with Crippen LogP contribution in [-0.4, -0.2) is 10.7 Å². The maximum Gasteiger partial charge on any atom is 0.269 e. The van der Waals surface area contributed by atoms with Crippen molar-refractivity contribution in [1.82, 2.24) is 0 Å². The number of rotatable bonds is 3. The summed E-state index contributed by atoms with van der Waals surface area (Å²) in [4.78, 5) is 23.0. The third-order valence-corrected chi connectivity index (χ3v) is 8.06. The Balaban J connectivity index is 1.37. The van der Waals surface area contributed by atoms with Gasteiger partial charge in [-0.05, 0) is 78.5 Å². The molecule has 3 aliphatic rings. The van der Waals surface area contributed by atoms with E-state index >= 15 is 0 Å². The van der Waals surface area contributed by atoms with E-state index in [-0.39, 0.29) is 16.0 Å². The van der Waals surface area contributed by atoms with Gasteiger partial charge in [0.15, 0.2) is 0 Å². The lowest BCUT2D eigenvalue weighted by Gasteiger charge is -2.48. The molecule has 0 unspecified atom stereocenters. The van der Waals surface area contributed by atoms with Crippen LogP contribution in [0.15, 0.2) is 42.5 Å². The number of benzene rings is 2. The average Bonchev–Trinajstić information content (AvgIpc) is 3.03. The number of hydrogen-bond acceptors (Lipinski definition) is 3. The molecule has 0 aliphatic heterocycles. The number of nitrogens with zero attached hydrogens (tertiary/aromatic N) is 1. The SMILES string of the molecule is C[C@]12CC[C@@H]3c4ccc(Cc5ccc([N+](=O)[O-])cc5)cc4CC[C@@H]3[C@@H]1CCC2=O. The zero-order chi connectivity index (χ0) is 20.2. The number of hydrogen-bond donors (Lipinski definition) is 0. The van der Waals surface area contributed by atoms with Crippen LogP contribution in [0.5, 0.6) is 0 Å². The first-order chi connectivity index (χ1) is 14.0. The predicted octanol–water partition coefficient (Wildman–Crippen LogP) is 5.61. The summed E-state index contributed by atoms with van der Waals surface area (Å²) in [6, 6.07) is 13.8. The molecule has 4 nitrogen and oxygen atoms in total. The van der Waals surface area contributed by atoms with E-state index in [0.29, 0.717) is 23.5 Å². The smallest absolute Gasteiger partial charge is 0.269 e. The van der Waals surface area contributed by atoms with Gasteiger partial charge in [-0.2, -0.15) is 0 Å². The Labute approximate surface area is 171 Å². The highest BCUT2D eigenvalue weighted by molar-refractivity contribution is 5.87. The molecule has 150 valence electrons. The summed E-state index contributed by atoms with van der Waals surface area (Å²) in [7, 11) is 0. The molecule has 2 aromatic carbocycles. The molecule has 2 fully saturated rings. The second kappa shape index (κ2) is 6.79. The number of Topliss-reactive ketones (excluding diaryl/α,β-unsaturated/α-hetero) is 1. The first kappa shape index (κ1) is 18.5. The van der Waals surface area contributed by atoms with Gasteiger partial charge >= 0.3 is 0 Å². The summed E-state index contributed by atoms with van der Waals surface area (Å²) < 4.78 is 0. The lowest BCUT2D eigenvalue weighted by Crippen LogP contribution is -2.42. The Morgan fingerprint density at radius 1 is 1.03 bits per heavy atom. The van der Waals surface area contributed by atoms with Gasteiger partial charge in [-0.15, -0.1) is 0 Å². The summed E-state index contributed by atoms with van der Waals surface area (Å²) in [5.41, 5.74) is 5.43. The molecule has 0 N–H and O–H groups in total. The highest BCUT2D eigenvalue weighted by atomic mass is 16.6. The van der Waals surface area contributed by atoms with Crippen LogP contribution in [0, 0.1) is 27.4 Å². The van der Waals surface area contributed by atoms with Crippen LogP contribution in [0.4, 0.5) is 5.69 Å². The van der Waals surface area contributed by atoms with Crippen molar-refractivity contribution in [2.75, 3.05) is 0 Å². The second-order valence-electron chi connectivity index (χ2n) is 9.47. The van der Waals surface area contributed by atoms with Gasteiger partial charge in [0, 0.05) is 24.0 Å². The zero-order valence-corrected chi connectivity index (χ0v) is 16.9. The molecule has 3 aliphatic carbocycles. The Kier molecular flexibility index (Phi) is 4.34. The summed E-state index contributed by atoms with van der Waals surface area (Å²) in [5.74, 6) is 2.34. The number of carbonyl (C=O) groups is 1. The lowest BCUT2D eigenvalue weighted by atomic mass is 9.55. The molecular formula is C25H27NO3. The van der Waals surface area contributed by atoms with E-state index in [4.69, 9.17) is 0 Å². The van der Waals surface area contributed by atoms with Gasteiger partial charge in [0.1, 0.15) is 5.78 Å². The number of nitro groups is 1. The van der Waals surface area contributed by atoms with E-state index < -0.39 is 0 Å². The van der Waals surface area contributed by atoms with E-state index in [1.807, 2.05) is 12.1 Å². The number of ketones is 1. The zero-order valence-electron chi connectivity index (χ0n) is 16.9. The Morgan fingerprint density at radius 3 is 2.55 bits per heavy atom. The molecule has 2 saturated carbocycles. The van der Waals surface area contributed by atoms with Crippen molar-refractivity contribution < 1.29 is 9.72 Å². The average molecular weight is 389 g/mol. The van der Waals surface area contributed by atoms with Gasteiger partial charge < -0.3 is 0 Å². The van der Waals surface area contributed by atoms with Crippen molar-refractivity contribution >= 4 is 11.5 Å². The summed E-state index contributed by atoms with van der Waals surface area (Å²) in [6.45, 7) is 2.23. The molecule has 29 heavy (non-hydrogen) atoms. The third-order valence-electron chi connectivity index (χ3n) is 8.06. The van der Waals surface area contributed by atoms with Crippen molar-refractivity contribution in [2.24, 2.45) is 17.3 Å². The van der Waals surface area contributed by atoms with Crippen molar-refractivity contribution in [3.05, 3.63) is 74.8 Å². The summed E-state index contributed by atoms with van der Waals surface area (Å²) in [6.07, 6.45) is 7.15. The maximum absolute atomic E-state index is 12.5. The minimum Gasteiger partial charge on any atom is -0.299 e. The normalized spacial score (nSPS) is 30.4. The van der Waals surface area contributed by atoms with Crippen LogP contribution in [-0.2, 0) is 17.6 Å². The van der Waals surface area contributed by atoms with Crippen LogP contribution >= 0.6 is 0 Å². The minimum atomic E-state index is -0.355. The fourth-order valence-corrected chi connectivity index (χ4v) is 6.49. The molecule has 5 rings (SSSR count). The van der Waals surface area contributed by atoms with Crippen LogP contribution in [0.3, 0.4) is 0 Å². The molecule has 0 spiro atoms. The number of non-ortho nitro benzene ring substituents is 1. The first-order valence-electron chi connectivity index (χ1n) is 10.8. The molecule has 0 radical (unpaired) electrons. The van der Waals surface area contributed by atoms with Gasteiger partial charge in [0.2, 0.25) is 0 Å². The molecule has 4 heteroatoms. The van der Waals surface area contributed by atoms with Gasteiger partial charge in [-0.25, -0.2) is 0 Å². The third kappa shape index (κ3) is 3.00. The Morgan fingerprint density at radius 2 is 1.79 bits per heavy atom. The maximum atomic E-state index is 12.5. The molecule has 0 aromatic heterocycles. The molecule has 2 aromatic rings. The van der Waals surface area contributed by atoms with E-state index in [0.717, 1.165) is 44.1 Å². The predicted molar refractivity (Wildman–Crippen MR) is 112 cm³/mol. The molecule has 4 atom stereocenters. The Bertz CT molecular complexity index is 980. The number of carbonyl (C=O) groups excluding carboxylic acids is 1. The Hall–Kier alpha value is -2.49. The number of aryl methyl sites for hydroxylation is 1. The van der Waals surface area contributed by atoms with Crippen LogP contribution in [0.25, 0.3) is 0 Å². The summed E-state index contributed by atoms with van der Waals surface area (Å²) >= 11 is 0. The fourth-order valence-electron chi connectivity index (χ4n) is 6.49. The molecule has 0 heterocycles. The van der Waals surface area contributed by atoms with E-state index in [1.54, 1.807) is 12.1 Å². The van der Waals surface area contributed by atoms with Crippen LogP contribution in [0.1, 0.15) is 67.2 Å². The van der Waals surface area contributed by atoms with Crippen molar-refractivity contribution in [1.29, 1.82) is 0 Å². The highest BCUT2D eigenvalue weighted by Gasteiger charge is 2.54. The summed E-state index contributed by atoms with van der Waals surface area (Å²) in [5, 5.41) is 10.8. The minimum absolute atomic E-state index is 0.0610. The lowest BCUT2D eigenvalue weighted by molar-refractivity contribution is -0.384. The second-order valence-corrected chi connectivity index (χ2v) is 9.47. The van der Waals surface area contributed by atoms with Crippen molar-refractivity contribution in [3.8, 4) is 0 Å². The van der Waals surface area contributed by atoms with E-state index in [1.165, 1.54) is 23.1 Å². The topological polar surface area (TPSA) is 60.2 Å². The van der Waals surface area contributed by atoms with Gasteiger partial charge in [0.05, 0.1) is 4.92 Å². The molecule has 0 amide bonds. The van der Waals surface area contributed by atoms with Crippen LogP contribution in [0.2, 0.25) is 0 Å². The standard InChI is InChI=1S/C25H27NO3/c1-25-13-12-21-20-8-4-17(14-16-2-6-19(7-3-16)26(28)29)15-18(20)5-9-22(21)23(25)10-11-24(25)27/h2-4,6-8,15,21-23H,5,9-14H2,1H3/t21-,22+,23+,25+/m1/s1. The number of nitro benzene ring substituents is 1. The van der Waals surface area contributed by atoms with E-state index in [2.05, 4.69) is 25.1 Å². The quantitative estimate of drug-likeness (QED) is 0.506. The molecular weight excluding hydrogens is 362 g/mol. The monoisotopic (exact) mass is 389 g/mol. The van der Waals surface area contributed by atoms with Crippen LogP contribution < -0.4 is 0 Å².